The third-order valence-electron chi connectivity index (χ3n) is 4.84. The summed E-state index contributed by atoms with van der Waals surface area (Å²) in [4.78, 5) is 19.7. The van der Waals surface area contributed by atoms with Gasteiger partial charge in [-0.05, 0) is 43.7 Å². The van der Waals surface area contributed by atoms with E-state index in [-0.39, 0.29) is 10.8 Å². The summed E-state index contributed by atoms with van der Waals surface area (Å²) in [5.74, 6) is 0. The number of hydrogen-bond acceptors (Lipinski definition) is 5. The van der Waals surface area contributed by atoms with Crippen LogP contribution in [0.3, 0.4) is 0 Å². The number of hydrogen-bond donors (Lipinski definition) is 0. The summed E-state index contributed by atoms with van der Waals surface area (Å²) in [7, 11) is 1.76. The standard InChI is InChI=1S/C20H19N3OS2/c1-12-6-8-13(9-7-12)10-14(11-21)25-20-22-18-17(19(24)23(20)2)15-4-3-5-16(15)26-18/h6-9,14H,3-5,10H2,1-2H3. The molecule has 1 aliphatic carbocycles. The first-order valence-corrected chi connectivity index (χ1v) is 10.4. The molecule has 0 aliphatic heterocycles. The molecule has 0 spiro atoms. The Morgan fingerprint density at radius 1 is 1.35 bits per heavy atom. The summed E-state index contributed by atoms with van der Waals surface area (Å²) in [6.45, 7) is 2.05. The highest BCUT2D eigenvalue weighted by molar-refractivity contribution is 8.00. The van der Waals surface area contributed by atoms with Gasteiger partial charge in [-0.25, -0.2) is 4.98 Å². The molecule has 4 nitrogen and oxygen atoms in total. The van der Waals surface area contributed by atoms with E-state index in [1.165, 1.54) is 27.8 Å². The van der Waals surface area contributed by atoms with Gasteiger partial charge in [0.2, 0.25) is 0 Å². The maximum absolute atomic E-state index is 12.9. The lowest BCUT2D eigenvalue weighted by atomic mass is 10.1. The van der Waals surface area contributed by atoms with Gasteiger partial charge in [0.05, 0.1) is 11.5 Å². The fraction of sp³-hybridized carbons (Fsp3) is 0.350. The quantitative estimate of drug-likeness (QED) is 0.506. The Morgan fingerprint density at radius 2 is 2.12 bits per heavy atom. The van der Waals surface area contributed by atoms with Gasteiger partial charge in [0.1, 0.15) is 10.1 Å². The third kappa shape index (κ3) is 3.06. The van der Waals surface area contributed by atoms with Gasteiger partial charge in [-0.15, -0.1) is 11.3 Å². The predicted octanol–water partition coefficient (Wildman–Crippen LogP) is 4.02. The van der Waals surface area contributed by atoms with E-state index in [4.69, 9.17) is 4.98 Å². The average molecular weight is 382 g/mol. The summed E-state index contributed by atoms with van der Waals surface area (Å²) in [5, 5.41) is 10.7. The van der Waals surface area contributed by atoms with Crippen LogP contribution < -0.4 is 5.56 Å². The molecule has 0 N–H and O–H groups in total. The number of benzene rings is 1. The second-order valence-corrected chi connectivity index (χ2v) is 8.97. The molecule has 0 saturated heterocycles. The molecule has 3 aromatic rings. The Labute approximate surface area is 160 Å². The van der Waals surface area contributed by atoms with Crippen molar-refractivity contribution in [3.8, 4) is 6.07 Å². The minimum atomic E-state index is -0.278. The van der Waals surface area contributed by atoms with Crippen LogP contribution in [0.1, 0.15) is 28.0 Å². The highest BCUT2D eigenvalue weighted by atomic mass is 32.2. The molecule has 132 valence electrons. The van der Waals surface area contributed by atoms with Gasteiger partial charge in [-0.2, -0.15) is 5.26 Å². The first-order valence-electron chi connectivity index (χ1n) is 8.70. The number of nitriles is 1. The number of fused-ring (bicyclic) bond motifs is 3. The van der Waals surface area contributed by atoms with Gasteiger partial charge < -0.3 is 0 Å². The maximum Gasteiger partial charge on any atom is 0.262 e. The zero-order valence-corrected chi connectivity index (χ0v) is 16.4. The number of aryl methyl sites for hydroxylation is 3. The van der Waals surface area contributed by atoms with E-state index >= 15 is 0 Å². The van der Waals surface area contributed by atoms with Crippen molar-refractivity contribution in [3.63, 3.8) is 0 Å². The molecule has 1 aromatic carbocycles. The molecule has 2 heterocycles. The molecule has 0 amide bonds. The molecule has 2 aromatic heterocycles. The van der Waals surface area contributed by atoms with Crippen molar-refractivity contribution in [2.75, 3.05) is 0 Å². The molecule has 1 atom stereocenters. The van der Waals surface area contributed by atoms with E-state index in [1.807, 2.05) is 6.92 Å². The third-order valence-corrected chi connectivity index (χ3v) is 7.16. The van der Waals surface area contributed by atoms with Crippen LogP contribution in [0.5, 0.6) is 0 Å². The molecular formula is C20H19N3OS2. The SMILES string of the molecule is Cc1ccc(CC(C#N)Sc2nc3sc4c(c3c(=O)n2C)CCC4)cc1. The second kappa shape index (κ2) is 6.90. The first kappa shape index (κ1) is 17.3. The van der Waals surface area contributed by atoms with Crippen molar-refractivity contribution in [1.29, 1.82) is 5.26 Å². The molecule has 4 rings (SSSR count). The van der Waals surface area contributed by atoms with Gasteiger partial charge in [-0.3, -0.25) is 9.36 Å². The van der Waals surface area contributed by atoms with E-state index < -0.39 is 0 Å². The number of thiophene rings is 1. The first-order chi connectivity index (χ1) is 12.6. The van der Waals surface area contributed by atoms with Gasteiger partial charge >= 0.3 is 0 Å². The van der Waals surface area contributed by atoms with E-state index in [1.54, 1.807) is 23.0 Å². The van der Waals surface area contributed by atoms with Crippen molar-refractivity contribution in [2.24, 2.45) is 7.05 Å². The van der Waals surface area contributed by atoms with Crippen molar-refractivity contribution < 1.29 is 0 Å². The summed E-state index contributed by atoms with van der Waals surface area (Å²) < 4.78 is 1.61. The van der Waals surface area contributed by atoms with Gasteiger partial charge in [0.25, 0.3) is 5.56 Å². The number of rotatable bonds is 4. The molecular weight excluding hydrogens is 362 g/mol. The van der Waals surface area contributed by atoms with E-state index in [9.17, 15) is 10.1 Å². The molecule has 0 radical (unpaired) electrons. The molecule has 0 fully saturated rings. The molecule has 1 aliphatic rings. The largest absolute Gasteiger partial charge is 0.290 e. The highest BCUT2D eigenvalue weighted by Crippen LogP contribution is 2.36. The lowest BCUT2D eigenvalue weighted by Gasteiger charge is -2.12. The monoisotopic (exact) mass is 381 g/mol. The predicted molar refractivity (Wildman–Crippen MR) is 107 cm³/mol. The van der Waals surface area contributed by atoms with Crippen LogP contribution in [0, 0.1) is 18.3 Å². The van der Waals surface area contributed by atoms with Crippen LogP contribution in [0.4, 0.5) is 0 Å². The highest BCUT2D eigenvalue weighted by Gasteiger charge is 2.23. The Morgan fingerprint density at radius 3 is 2.85 bits per heavy atom. The van der Waals surface area contributed by atoms with Crippen LogP contribution in [0.2, 0.25) is 0 Å². The normalized spacial score (nSPS) is 14.3. The Bertz CT molecular complexity index is 1070. The van der Waals surface area contributed by atoms with E-state index in [2.05, 4.69) is 30.3 Å². The minimum absolute atomic E-state index is 0.0175. The Hall–Kier alpha value is -2.10. The molecule has 1 unspecified atom stereocenters. The lowest BCUT2D eigenvalue weighted by molar-refractivity contribution is 0.725. The van der Waals surface area contributed by atoms with Gasteiger partial charge in [-0.1, -0.05) is 41.6 Å². The van der Waals surface area contributed by atoms with Crippen LogP contribution in [0.25, 0.3) is 10.2 Å². The van der Waals surface area contributed by atoms with Crippen LogP contribution in [-0.2, 0) is 26.3 Å². The fourth-order valence-corrected chi connectivity index (χ4v) is 5.67. The van der Waals surface area contributed by atoms with E-state index in [0.29, 0.717) is 11.6 Å². The van der Waals surface area contributed by atoms with E-state index in [0.717, 1.165) is 35.0 Å². The summed E-state index contributed by atoms with van der Waals surface area (Å²) in [6, 6.07) is 10.6. The number of aromatic nitrogens is 2. The fourth-order valence-electron chi connectivity index (χ4n) is 3.39. The Balaban J connectivity index is 1.65. The number of nitrogens with zero attached hydrogens (tertiary/aromatic N) is 3. The topological polar surface area (TPSA) is 58.7 Å². The number of thioether (sulfide) groups is 1. The van der Waals surface area contributed by atoms with Crippen molar-refractivity contribution in [2.45, 2.75) is 43.0 Å². The molecule has 26 heavy (non-hydrogen) atoms. The van der Waals surface area contributed by atoms with Crippen LogP contribution in [-0.4, -0.2) is 14.8 Å². The summed E-state index contributed by atoms with van der Waals surface area (Å²) in [6.07, 6.45) is 3.79. The second-order valence-electron chi connectivity index (χ2n) is 6.72. The zero-order chi connectivity index (χ0) is 18.3. The summed E-state index contributed by atoms with van der Waals surface area (Å²) >= 11 is 3.02. The minimum Gasteiger partial charge on any atom is -0.290 e. The maximum atomic E-state index is 12.9. The smallest absolute Gasteiger partial charge is 0.262 e. The van der Waals surface area contributed by atoms with Crippen LogP contribution >= 0.6 is 23.1 Å². The summed E-state index contributed by atoms with van der Waals surface area (Å²) in [5.41, 5.74) is 3.54. The zero-order valence-electron chi connectivity index (χ0n) is 14.8. The molecule has 6 heteroatoms. The van der Waals surface area contributed by atoms with Gasteiger partial charge in [0, 0.05) is 11.9 Å². The van der Waals surface area contributed by atoms with Crippen molar-refractivity contribution >= 4 is 33.3 Å². The van der Waals surface area contributed by atoms with Crippen LogP contribution in [0.15, 0.2) is 34.2 Å². The van der Waals surface area contributed by atoms with Crippen molar-refractivity contribution in [1.82, 2.24) is 9.55 Å². The van der Waals surface area contributed by atoms with Gasteiger partial charge in [0.15, 0.2) is 5.16 Å². The van der Waals surface area contributed by atoms with Crippen molar-refractivity contribution in [3.05, 3.63) is 56.2 Å². The molecule has 0 bridgehead atoms. The Kier molecular flexibility index (Phi) is 4.60. The molecule has 0 saturated carbocycles. The average Bonchev–Trinajstić information content (AvgIpc) is 3.21. The lowest BCUT2D eigenvalue weighted by Crippen LogP contribution is -2.21.